The van der Waals surface area contributed by atoms with E-state index >= 15 is 0 Å². The largest absolute Gasteiger partial charge is 0.356 e. The molecule has 1 aliphatic rings. The number of aromatic amines is 2. The van der Waals surface area contributed by atoms with Gasteiger partial charge in [0.25, 0.3) is 11.2 Å². The molecule has 0 saturated carbocycles. The molecule has 25 heavy (non-hydrogen) atoms. The molecule has 8 nitrogen and oxygen atoms in total. The number of hydrogen-bond acceptors (Lipinski definition) is 5. The molecule has 0 radical (unpaired) electrons. The summed E-state index contributed by atoms with van der Waals surface area (Å²) in [6.45, 7) is 8.67. The summed E-state index contributed by atoms with van der Waals surface area (Å²) in [4.78, 5) is 34.0. The maximum absolute atomic E-state index is 11.9. The Morgan fingerprint density at radius 1 is 1.36 bits per heavy atom. The molecular weight excluding hydrogens is 318 g/mol. The first-order valence-electron chi connectivity index (χ1n) is 8.04. The van der Waals surface area contributed by atoms with Crippen LogP contribution in [0.1, 0.15) is 6.42 Å². The van der Waals surface area contributed by atoms with Crippen molar-refractivity contribution in [2.45, 2.75) is 12.5 Å². The lowest BCUT2D eigenvalue weighted by Gasteiger charge is -2.26. The van der Waals surface area contributed by atoms with E-state index in [0.29, 0.717) is 0 Å². The topological polar surface area (TPSA) is 85.3 Å². The third-order valence-corrected chi connectivity index (χ3v) is 4.72. The fourth-order valence-corrected chi connectivity index (χ4v) is 3.31. The Morgan fingerprint density at radius 2 is 2.24 bits per heavy atom. The van der Waals surface area contributed by atoms with Gasteiger partial charge in [-0.05, 0) is 24.6 Å². The summed E-state index contributed by atoms with van der Waals surface area (Å²) < 4.78 is 0. The van der Waals surface area contributed by atoms with Crippen LogP contribution in [0.2, 0.25) is 0 Å². The predicted octanol–water partition coefficient (Wildman–Crippen LogP) is 1.91. The summed E-state index contributed by atoms with van der Waals surface area (Å²) in [7, 11) is 1.96. The second-order valence-corrected chi connectivity index (χ2v) is 6.11. The van der Waals surface area contributed by atoms with Gasteiger partial charge in [0.05, 0.1) is 12.0 Å². The zero-order valence-corrected chi connectivity index (χ0v) is 13.7. The minimum atomic E-state index is -0.348. The average Bonchev–Trinajstić information content (AvgIpc) is 3.30. The number of nitrogens with zero attached hydrogens (tertiary/aromatic N) is 5. The van der Waals surface area contributed by atoms with Crippen LogP contribution in [0, 0.1) is 6.57 Å². The molecule has 0 aliphatic carbocycles. The normalized spacial score (nSPS) is 17.0. The van der Waals surface area contributed by atoms with Crippen LogP contribution in [0.5, 0.6) is 0 Å². The summed E-state index contributed by atoms with van der Waals surface area (Å²) in [5.74, 6) is 1.65. The van der Waals surface area contributed by atoms with Crippen molar-refractivity contribution in [1.29, 1.82) is 0 Å². The molecule has 0 bridgehead atoms. The van der Waals surface area contributed by atoms with Crippen molar-refractivity contribution in [3.63, 3.8) is 0 Å². The third kappa shape index (κ3) is 2.59. The number of anilines is 2. The minimum Gasteiger partial charge on any atom is -0.356 e. The van der Waals surface area contributed by atoms with Crippen molar-refractivity contribution < 1.29 is 0 Å². The number of fused-ring (bicyclic) bond motifs is 1. The molecule has 2 N–H and O–H groups in total. The van der Waals surface area contributed by atoms with Crippen LogP contribution in [-0.2, 0) is 0 Å². The Kier molecular flexibility index (Phi) is 3.61. The molecule has 126 valence electrons. The van der Waals surface area contributed by atoms with Crippen molar-refractivity contribution in [2.75, 3.05) is 29.9 Å². The van der Waals surface area contributed by atoms with Crippen molar-refractivity contribution in [2.24, 2.45) is 0 Å². The highest BCUT2D eigenvalue weighted by Gasteiger charge is 2.28. The van der Waals surface area contributed by atoms with E-state index in [9.17, 15) is 4.79 Å². The quantitative estimate of drug-likeness (QED) is 0.714. The lowest BCUT2D eigenvalue weighted by atomic mass is 10.2. The minimum absolute atomic E-state index is 0.112. The van der Waals surface area contributed by atoms with Gasteiger partial charge in [0.15, 0.2) is 0 Å². The Balaban J connectivity index is 1.56. The average molecular weight is 335 g/mol. The molecule has 1 fully saturated rings. The van der Waals surface area contributed by atoms with Gasteiger partial charge >= 0.3 is 0 Å². The SMILES string of the molecule is [C-]#[N+]c1ccc(N(C)[C@@H]2CCN(c3ncnc4[nH]ccc34)C2)[nH]c1=O. The first-order valence-corrected chi connectivity index (χ1v) is 8.04. The molecule has 3 aromatic rings. The van der Waals surface area contributed by atoms with E-state index in [4.69, 9.17) is 6.57 Å². The number of hydrogen-bond donors (Lipinski definition) is 2. The molecule has 8 heteroatoms. The van der Waals surface area contributed by atoms with E-state index in [1.807, 2.05) is 19.3 Å². The Hall–Kier alpha value is -3.34. The number of H-pyrrole nitrogens is 2. The molecule has 0 amide bonds. The fraction of sp³-hybridized carbons (Fsp3) is 0.294. The van der Waals surface area contributed by atoms with Gasteiger partial charge in [-0.15, -0.1) is 0 Å². The van der Waals surface area contributed by atoms with E-state index < -0.39 is 0 Å². The van der Waals surface area contributed by atoms with Gasteiger partial charge in [-0.2, -0.15) is 0 Å². The standard InChI is InChI=1S/C17H17N7O/c1-18-13-3-4-14(22-17(13)25)23(2)11-6-8-24(9-11)16-12-5-7-19-15(12)20-10-21-16/h3-5,7,10-11H,6,8-9H2,2H3,(H,22,25)(H,19,20,21)/t11-/m1/s1. The van der Waals surface area contributed by atoms with Crippen LogP contribution in [-0.4, -0.2) is 46.1 Å². The summed E-state index contributed by atoms with van der Waals surface area (Å²) in [5.41, 5.74) is 0.598. The van der Waals surface area contributed by atoms with Gasteiger partial charge in [-0.1, -0.05) is 0 Å². The molecule has 0 aromatic carbocycles. The summed E-state index contributed by atoms with van der Waals surface area (Å²) in [6, 6.07) is 5.59. The van der Waals surface area contributed by atoms with Gasteiger partial charge in [-0.3, -0.25) is 4.79 Å². The number of pyridine rings is 1. The molecule has 0 unspecified atom stereocenters. The van der Waals surface area contributed by atoms with Crippen LogP contribution in [0.4, 0.5) is 17.3 Å². The van der Waals surface area contributed by atoms with Crippen LogP contribution in [0.15, 0.2) is 35.5 Å². The second-order valence-electron chi connectivity index (χ2n) is 6.11. The van der Waals surface area contributed by atoms with Gasteiger partial charge < -0.3 is 19.8 Å². The fourth-order valence-electron chi connectivity index (χ4n) is 3.31. The first-order chi connectivity index (χ1) is 12.2. The predicted molar refractivity (Wildman–Crippen MR) is 96.2 cm³/mol. The molecule has 4 rings (SSSR count). The number of likely N-dealkylation sites (N-methyl/N-ethyl adjacent to an activating group) is 1. The van der Waals surface area contributed by atoms with E-state index in [2.05, 4.69) is 34.6 Å². The molecular formula is C17H17N7O. The van der Waals surface area contributed by atoms with Crippen molar-refractivity contribution in [1.82, 2.24) is 19.9 Å². The van der Waals surface area contributed by atoms with E-state index in [-0.39, 0.29) is 17.3 Å². The molecule has 1 aliphatic heterocycles. The van der Waals surface area contributed by atoms with Gasteiger partial charge in [-0.25, -0.2) is 14.8 Å². The Morgan fingerprint density at radius 3 is 3.04 bits per heavy atom. The second kappa shape index (κ2) is 5.94. The van der Waals surface area contributed by atoms with E-state index in [1.165, 1.54) is 0 Å². The van der Waals surface area contributed by atoms with Gasteiger partial charge in [0.1, 0.15) is 23.6 Å². The zero-order chi connectivity index (χ0) is 17.4. The van der Waals surface area contributed by atoms with Crippen molar-refractivity contribution >= 4 is 28.4 Å². The van der Waals surface area contributed by atoms with E-state index in [0.717, 1.165) is 42.2 Å². The highest BCUT2D eigenvalue weighted by molar-refractivity contribution is 5.87. The van der Waals surface area contributed by atoms with Crippen LogP contribution in [0.25, 0.3) is 15.9 Å². The summed E-state index contributed by atoms with van der Waals surface area (Å²) in [5, 5.41) is 1.01. The first kappa shape index (κ1) is 15.2. The molecule has 3 aromatic heterocycles. The van der Waals surface area contributed by atoms with Crippen molar-refractivity contribution in [3.05, 3.63) is 52.5 Å². The lowest BCUT2D eigenvalue weighted by Crippen LogP contribution is -2.36. The lowest BCUT2D eigenvalue weighted by molar-refractivity contribution is 0.683. The Bertz CT molecular complexity index is 1020. The summed E-state index contributed by atoms with van der Waals surface area (Å²) in [6.07, 6.45) is 4.40. The molecule has 0 spiro atoms. The van der Waals surface area contributed by atoms with Crippen molar-refractivity contribution in [3.8, 4) is 0 Å². The smallest absolute Gasteiger partial charge is 0.255 e. The monoisotopic (exact) mass is 335 g/mol. The van der Waals surface area contributed by atoms with Crippen LogP contribution < -0.4 is 15.4 Å². The highest BCUT2D eigenvalue weighted by atomic mass is 16.1. The number of rotatable bonds is 3. The maximum Gasteiger partial charge on any atom is 0.255 e. The maximum atomic E-state index is 11.9. The number of nitrogens with one attached hydrogen (secondary N) is 2. The van der Waals surface area contributed by atoms with Crippen LogP contribution >= 0.6 is 0 Å². The van der Waals surface area contributed by atoms with Crippen LogP contribution in [0.3, 0.4) is 0 Å². The molecule has 1 atom stereocenters. The number of aromatic nitrogens is 4. The van der Waals surface area contributed by atoms with Gasteiger partial charge in [0.2, 0.25) is 0 Å². The molecule has 4 heterocycles. The third-order valence-electron chi connectivity index (χ3n) is 4.72. The summed E-state index contributed by atoms with van der Waals surface area (Å²) >= 11 is 0. The highest BCUT2D eigenvalue weighted by Crippen LogP contribution is 2.28. The van der Waals surface area contributed by atoms with E-state index in [1.54, 1.807) is 18.5 Å². The zero-order valence-electron chi connectivity index (χ0n) is 13.7. The molecule has 1 saturated heterocycles. The van der Waals surface area contributed by atoms with Gasteiger partial charge in [0, 0.05) is 32.4 Å². The Labute approximate surface area is 144 Å².